The van der Waals surface area contributed by atoms with Crippen LogP contribution >= 0.6 is 0 Å². The van der Waals surface area contributed by atoms with Crippen LogP contribution in [0.5, 0.6) is 11.5 Å². The Labute approximate surface area is 91.2 Å². The van der Waals surface area contributed by atoms with Crippen LogP contribution in [0.15, 0.2) is 18.2 Å². The van der Waals surface area contributed by atoms with Crippen LogP contribution in [0.2, 0.25) is 0 Å². The summed E-state index contributed by atoms with van der Waals surface area (Å²) in [5.41, 5.74) is 6.90. The second-order valence-electron chi connectivity index (χ2n) is 3.69. The van der Waals surface area contributed by atoms with Gasteiger partial charge in [0.05, 0.1) is 14.2 Å². The highest BCUT2D eigenvalue weighted by Gasteiger charge is 2.05. The first-order valence-electron chi connectivity index (χ1n) is 5.14. The Kier molecular flexibility index (Phi) is 4.43. The fourth-order valence-electron chi connectivity index (χ4n) is 1.44. The molecular formula is C12H19NO2. The van der Waals surface area contributed by atoms with E-state index >= 15 is 0 Å². The maximum atomic E-state index is 5.72. The lowest BCUT2D eigenvalue weighted by Crippen LogP contribution is -2.15. The molecule has 0 aliphatic heterocycles. The molecule has 0 aromatic heterocycles. The molecule has 1 unspecified atom stereocenters. The summed E-state index contributed by atoms with van der Waals surface area (Å²) in [5.74, 6) is 1.69. The van der Waals surface area contributed by atoms with Crippen LogP contribution in [0, 0.1) is 0 Å². The van der Waals surface area contributed by atoms with E-state index in [0.717, 1.165) is 24.3 Å². The van der Waals surface area contributed by atoms with Crippen LogP contribution in [0.1, 0.15) is 18.9 Å². The smallest absolute Gasteiger partial charge is 0.125 e. The zero-order chi connectivity index (χ0) is 11.3. The van der Waals surface area contributed by atoms with Gasteiger partial charge >= 0.3 is 0 Å². The fourth-order valence-corrected chi connectivity index (χ4v) is 1.44. The number of aryl methyl sites for hydroxylation is 1. The van der Waals surface area contributed by atoms with Crippen molar-refractivity contribution < 1.29 is 9.47 Å². The van der Waals surface area contributed by atoms with Crippen molar-refractivity contribution >= 4 is 0 Å². The quantitative estimate of drug-likeness (QED) is 0.806. The standard InChI is InChI=1S/C12H19NO2/c1-9(13)4-5-10-6-7-11(14-2)8-12(10)15-3/h6-9H,4-5,13H2,1-3H3. The van der Waals surface area contributed by atoms with Gasteiger partial charge in [-0.1, -0.05) is 6.07 Å². The molecule has 3 nitrogen and oxygen atoms in total. The molecule has 0 heterocycles. The fraction of sp³-hybridized carbons (Fsp3) is 0.500. The molecule has 15 heavy (non-hydrogen) atoms. The molecule has 0 saturated heterocycles. The van der Waals surface area contributed by atoms with E-state index in [1.54, 1.807) is 14.2 Å². The molecule has 2 N–H and O–H groups in total. The Morgan fingerprint density at radius 2 is 2.00 bits per heavy atom. The van der Waals surface area contributed by atoms with Gasteiger partial charge in [0.1, 0.15) is 11.5 Å². The first-order chi connectivity index (χ1) is 7.17. The average Bonchev–Trinajstić information content (AvgIpc) is 2.25. The van der Waals surface area contributed by atoms with E-state index in [9.17, 15) is 0 Å². The number of nitrogens with two attached hydrogens (primary N) is 1. The molecule has 0 fully saturated rings. The molecule has 3 heteroatoms. The second-order valence-corrected chi connectivity index (χ2v) is 3.69. The van der Waals surface area contributed by atoms with Gasteiger partial charge in [-0.05, 0) is 31.4 Å². The lowest BCUT2D eigenvalue weighted by molar-refractivity contribution is 0.390. The minimum absolute atomic E-state index is 0.219. The zero-order valence-electron chi connectivity index (χ0n) is 9.62. The van der Waals surface area contributed by atoms with Gasteiger partial charge in [0.25, 0.3) is 0 Å². The Morgan fingerprint density at radius 1 is 1.27 bits per heavy atom. The molecule has 1 aromatic rings. The van der Waals surface area contributed by atoms with E-state index in [1.807, 2.05) is 25.1 Å². The molecular weight excluding hydrogens is 190 g/mol. The first kappa shape index (κ1) is 11.9. The number of rotatable bonds is 5. The molecule has 1 atom stereocenters. The van der Waals surface area contributed by atoms with Crippen molar-refractivity contribution in [2.24, 2.45) is 5.73 Å². The molecule has 0 amide bonds. The largest absolute Gasteiger partial charge is 0.497 e. The molecule has 0 radical (unpaired) electrons. The second kappa shape index (κ2) is 5.61. The van der Waals surface area contributed by atoms with E-state index in [1.165, 1.54) is 5.56 Å². The van der Waals surface area contributed by atoms with E-state index in [0.29, 0.717) is 0 Å². The Bertz CT molecular complexity index is 310. The molecule has 0 bridgehead atoms. The number of hydrogen-bond donors (Lipinski definition) is 1. The molecule has 0 aliphatic rings. The van der Waals surface area contributed by atoms with Gasteiger partial charge in [-0.2, -0.15) is 0 Å². The summed E-state index contributed by atoms with van der Waals surface area (Å²) in [7, 11) is 3.32. The normalized spacial score (nSPS) is 12.3. The van der Waals surface area contributed by atoms with Gasteiger partial charge in [-0.15, -0.1) is 0 Å². The molecule has 1 rings (SSSR count). The van der Waals surface area contributed by atoms with Gasteiger partial charge in [0.15, 0.2) is 0 Å². The molecule has 0 spiro atoms. The van der Waals surface area contributed by atoms with E-state index < -0.39 is 0 Å². The molecule has 0 saturated carbocycles. The van der Waals surface area contributed by atoms with Crippen molar-refractivity contribution in [2.75, 3.05) is 14.2 Å². The average molecular weight is 209 g/mol. The van der Waals surface area contributed by atoms with Crippen molar-refractivity contribution in [1.82, 2.24) is 0 Å². The lowest BCUT2D eigenvalue weighted by atomic mass is 10.1. The van der Waals surface area contributed by atoms with E-state index in [2.05, 4.69) is 0 Å². The van der Waals surface area contributed by atoms with Crippen molar-refractivity contribution in [3.63, 3.8) is 0 Å². The van der Waals surface area contributed by atoms with Gasteiger partial charge in [0, 0.05) is 12.1 Å². The van der Waals surface area contributed by atoms with Crippen LogP contribution in [0.4, 0.5) is 0 Å². The summed E-state index contributed by atoms with van der Waals surface area (Å²) in [6.45, 7) is 2.01. The predicted molar refractivity (Wildman–Crippen MR) is 61.5 cm³/mol. The molecule has 84 valence electrons. The third-order valence-corrected chi connectivity index (χ3v) is 2.36. The number of methoxy groups -OCH3 is 2. The van der Waals surface area contributed by atoms with E-state index in [4.69, 9.17) is 15.2 Å². The third-order valence-electron chi connectivity index (χ3n) is 2.36. The summed E-state index contributed by atoms with van der Waals surface area (Å²) in [5, 5.41) is 0. The third kappa shape index (κ3) is 3.44. The Balaban J connectivity index is 2.78. The molecule has 0 aliphatic carbocycles. The van der Waals surface area contributed by atoms with Crippen molar-refractivity contribution in [2.45, 2.75) is 25.8 Å². The predicted octanol–water partition coefficient (Wildman–Crippen LogP) is 1.98. The minimum Gasteiger partial charge on any atom is -0.497 e. The highest BCUT2D eigenvalue weighted by molar-refractivity contribution is 5.40. The van der Waals surface area contributed by atoms with Crippen LogP contribution in [0.3, 0.4) is 0 Å². The monoisotopic (exact) mass is 209 g/mol. The van der Waals surface area contributed by atoms with Crippen molar-refractivity contribution in [1.29, 1.82) is 0 Å². The van der Waals surface area contributed by atoms with Gasteiger partial charge in [-0.3, -0.25) is 0 Å². The van der Waals surface area contributed by atoms with Crippen LogP contribution in [0.25, 0.3) is 0 Å². The topological polar surface area (TPSA) is 44.5 Å². The molecule has 1 aromatic carbocycles. The number of benzene rings is 1. The van der Waals surface area contributed by atoms with Gasteiger partial charge in [-0.25, -0.2) is 0 Å². The summed E-state index contributed by atoms with van der Waals surface area (Å²) in [6.07, 6.45) is 1.90. The maximum absolute atomic E-state index is 5.72. The SMILES string of the molecule is COc1ccc(CCC(C)N)c(OC)c1. The zero-order valence-corrected chi connectivity index (χ0v) is 9.62. The lowest BCUT2D eigenvalue weighted by Gasteiger charge is -2.11. The highest BCUT2D eigenvalue weighted by Crippen LogP contribution is 2.25. The summed E-state index contributed by atoms with van der Waals surface area (Å²) < 4.78 is 10.4. The van der Waals surface area contributed by atoms with Gasteiger partial charge < -0.3 is 15.2 Å². The summed E-state index contributed by atoms with van der Waals surface area (Å²) in [4.78, 5) is 0. The number of ether oxygens (including phenoxy) is 2. The highest BCUT2D eigenvalue weighted by atomic mass is 16.5. The summed E-state index contributed by atoms with van der Waals surface area (Å²) >= 11 is 0. The Hall–Kier alpha value is -1.22. The minimum atomic E-state index is 0.219. The summed E-state index contributed by atoms with van der Waals surface area (Å²) in [6, 6.07) is 6.09. The van der Waals surface area contributed by atoms with Gasteiger partial charge in [0.2, 0.25) is 0 Å². The number of hydrogen-bond acceptors (Lipinski definition) is 3. The van der Waals surface area contributed by atoms with E-state index in [-0.39, 0.29) is 6.04 Å². The maximum Gasteiger partial charge on any atom is 0.125 e. The Morgan fingerprint density at radius 3 is 2.53 bits per heavy atom. The first-order valence-corrected chi connectivity index (χ1v) is 5.14. The van der Waals surface area contributed by atoms with Crippen LogP contribution in [-0.2, 0) is 6.42 Å². The van der Waals surface area contributed by atoms with Crippen molar-refractivity contribution in [3.05, 3.63) is 23.8 Å². The van der Waals surface area contributed by atoms with Crippen molar-refractivity contribution in [3.8, 4) is 11.5 Å². The van der Waals surface area contributed by atoms with Crippen LogP contribution in [-0.4, -0.2) is 20.3 Å². The van der Waals surface area contributed by atoms with Crippen LogP contribution < -0.4 is 15.2 Å².